The standard InChI is InChI=1S/C16H17N5S/c1-12-10-14(21(2)8-5-15-18-7-9-22-15)20-16(19-12)13-4-3-6-17-11-13/h3-4,6-7,9-11H,5,8H2,1-2H3. The van der Waals surface area contributed by atoms with Crippen LogP contribution in [0.15, 0.2) is 42.2 Å². The second-order valence-electron chi connectivity index (χ2n) is 5.03. The monoisotopic (exact) mass is 311 g/mol. The summed E-state index contributed by atoms with van der Waals surface area (Å²) in [5, 5.41) is 3.15. The molecule has 0 spiro atoms. The molecule has 6 heteroatoms. The van der Waals surface area contributed by atoms with Gasteiger partial charge in [0.15, 0.2) is 5.82 Å². The van der Waals surface area contributed by atoms with E-state index in [1.54, 1.807) is 23.7 Å². The summed E-state index contributed by atoms with van der Waals surface area (Å²) in [6.45, 7) is 2.86. The van der Waals surface area contributed by atoms with E-state index in [9.17, 15) is 0 Å². The minimum atomic E-state index is 0.712. The fraction of sp³-hybridized carbons (Fsp3) is 0.250. The number of nitrogens with zero attached hydrogens (tertiary/aromatic N) is 5. The maximum absolute atomic E-state index is 4.66. The van der Waals surface area contributed by atoms with Crippen LogP contribution in [0.3, 0.4) is 0 Å². The molecule has 0 atom stereocenters. The van der Waals surface area contributed by atoms with Crippen molar-refractivity contribution in [3.05, 3.63) is 52.9 Å². The average molecular weight is 311 g/mol. The van der Waals surface area contributed by atoms with Crippen molar-refractivity contribution in [3.63, 3.8) is 0 Å². The molecule has 0 unspecified atom stereocenters. The van der Waals surface area contributed by atoms with Crippen LogP contribution in [0, 0.1) is 6.92 Å². The van der Waals surface area contributed by atoms with Crippen LogP contribution in [0.1, 0.15) is 10.7 Å². The van der Waals surface area contributed by atoms with E-state index in [1.165, 1.54) is 0 Å². The summed E-state index contributed by atoms with van der Waals surface area (Å²) in [6.07, 6.45) is 6.29. The van der Waals surface area contributed by atoms with E-state index in [2.05, 4.69) is 24.8 Å². The second kappa shape index (κ2) is 6.62. The highest BCUT2D eigenvalue weighted by Gasteiger charge is 2.09. The number of anilines is 1. The van der Waals surface area contributed by atoms with Gasteiger partial charge in [0.25, 0.3) is 0 Å². The van der Waals surface area contributed by atoms with Crippen LogP contribution in [-0.2, 0) is 6.42 Å². The van der Waals surface area contributed by atoms with Crippen LogP contribution >= 0.6 is 11.3 Å². The van der Waals surface area contributed by atoms with E-state index in [1.807, 2.05) is 43.7 Å². The third kappa shape index (κ3) is 3.46. The van der Waals surface area contributed by atoms with Crippen LogP contribution in [0.25, 0.3) is 11.4 Å². The SMILES string of the molecule is Cc1cc(N(C)CCc2nccs2)nc(-c2cccnc2)n1. The van der Waals surface area contributed by atoms with Gasteiger partial charge < -0.3 is 4.90 Å². The average Bonchev–Trinajstić information content (AvgIpc) is 3.06. The molecule has 0 aliphatic rings. The Kier molecular flexibility index (Phi) is 4.39. The van der Waals surface area contributed by atoms with E-state index >= 15 is 0 Å². The Morgan fingerprint density at radius 1 is 1.23 bits per heavy atom. The van der Waals surface area contributed by atoms with Gasteiger partial charge in [-0.25, -0.2) is 15.0 Å². The smallest absolute Gasteiger partial charge is 0.163 e. The number of pyridine rings is 1. The molecule has 0 saturated carbocycles. The predicted octanol–water partition coefficient (Wildman–Crippen LogP) is 2.98. The molecule has 3 heterocycles. The summed E-state index contributed by atoms with van der Waals surface area (Å²) < 4.78 is 0. The van der Waals surface area contributed by atoms with Gasteiger partial charge in [-0.05, 0) is 19.1 Å². The Balaban J connectivity index is 1.79. The topological polar surface area (TPSA) is 54.8 Å². The first kappa shape index (κ1) is 14.6. The Labute approximate surface area is 133 Å². The van der Waals surface area contributed by atoms with Gasteiger partial charge in [0.1, 0.15) is 5.82 Å². The third-order valence-electron chi connectivity index (χ3n) is 3.30. The normalized spacial score (nSPS) is 10.6. The lowest BCUT2D eigenvalue weighted by atomic mass is 10.2. The first-order valence-corrected chi connectivity index (χ1v) is 7.96. The molecular weight excluding hydrogens is 294 g/mol. The van der Waals surface area contributed by atoms with Gasteiger partial charge in [0, 0.05) is 61.3 Å². The van der Waals surface area contributed by atoms with Crippen molar-refractivity contribution in [3.8, 4) is 11.4 Å². The van der Waals surface area contributed by atoms with Gasteiger partial charge >= 0.3 is 0 Å². The maximum Gasteiger partial charge on any atom is 0.163 e. The number of thiazole rings is 1. The summed E-state index contributed by atoms with van der Waals surface area (Å²) in [6, 6.07) is 5.87. The highest BCUT2D eigenvalue weighted by molar-refractivity contribution is 7.09. The summed E-state index contributed by atoms with van der Waals surface area (Å²) in [5.41, 5.74) is 1.88. The molecule has 0 aliphatic heterocycles. The number of aromatic nitrogens is 4. The van der Waals surface area contributed by atoms with Crippen LogP contribution in [-0.4, -0.2) is 33.5 Å². The van der Waals surface area contributed by atoms with E-state index in [0.717, 1.165) is 35.0 Å². The summed E-state index contributed by atoms with van der Waals surface area (Å²) >= 11 is 1.68. The molecule has 0 aliphatic carbocycles. The largest absolute Gasteiger partial charge is 0.359 e. The van der Waals surface area contributed by atoms with Gasteiger partial charge in [-0.15, -0.1) is 11.3 Å². The molecule has 0 bridgehead atoms. The van der Waals surface area contributed by atoms with Gasteiger partial charge in [0.05, 0.1) is 5.01 Å². The van der Waals surface area contributed by atoms with Crippen LogP contribution in [0.4, 0.5) is 5.82 Å². The lowest BCUT2D eigenvalue weighted by molar-refractivity contribution is 0.848. The fourth-order valence-electron chi connectivity index (χ4n) is 2.13. The van der Waals surface area contributed by atoms with Crippen molar-refractivity contribution in [2.45, 2.75) is 13.3 Å². The molecule has 0 saturated heterocycles. The molecule has 22 heavy (non-hydrogen) atoms. The van der Waals surface area contributed by atoms with E-state index in [-0.39, 0.29) is 0 Å². The quantitative estimate of drug-likeness (QED) is 0.725. The highest BCUT2D eigenvalue weighted by atomic mass is 32.1. The zero-order chi connectivity index (χ0) is 15.4. The number of rotatable bonds is 5. The molecule has 3 aromatic rings. The van der Waals surface area contributed by atoms with Gasteiger partial charge in [-0.1, -0.05) is 0 Å². The fourth-order valence-corrected chi connectivity index (χ4v) is 2.74. The molecular formula is C16H17N5S. The maximum atomic E-state index is 4.66. The molecule has 0 fully saturated rings. The van der Waals surface area contributed by atoms with Crippen LogP contribution in [0.5, 0.6) is 0 Å². The second-order valence-corrected chi connectivity index (χ2v) is 6.01. The highest BCUT2D eigenvalue weighted by Crippen LogP contribution is 2.19. The van der Waals surface area contributed by atoms with E-state index < -0.39 is 0 Å². The number of aryl methyl sites for hydroxylation is 1. The Morgan fingerprint density at radius 3 is 2.86 bits per heavy atom. The predicted molar refractivity (Wildman–Crippen MR) is 89.1 cm³/mol. The summed E-state index contributed by atoms with van der Waals surface area (Å²) in [4.78, 5) is 19.8. The van der Waals surface area contributed by atoms with Crippen molar-refractivity contribution in [2.75, 3.05) is 18.5 Å². The van der Waals surface area contributed by atoms with E-state index in [0.29, 0.717) is 5.82 Å². The van der Waals surface area contributed by atoms with Gasteiger partial charge in [-0.2, -0.15) is 0 Å². The minimum absolute atomic E-state index is 0.712. The van der Waals surface area contributed by atoms with Crippen molar-refractivity contribution >= 4 is 17.2 Å². The lowest BCUT2D eigenvalue weighted by Crippen LogP contribution is -2.22. The Bertz CT molecular complexity index is 728. The molecule has 0 radical (unpaired) electrons. The summed E-state index contributed by atoms with van der Waals surface area (Å²) in [7, 11) is 2.04. The summed E-state index contributed by atoms with van der Waals surface area (Å²) in [5.74, 6) is 1.63. The zero-order valence-corrected chi connectivity index (χ0v) is 13.4. The Hall–Kier alpha value is -2.34. The number of hydrogen-bond donors (Lipinski definition) is 0. The van der Waals surface area contributed by atoms with Crippen LogP contribution in [0.2, 0.25) is 0 Å². The molecule has 5 nitrogen and oxygen atoms in total. The number of hydrogen-bond acceptors (Lipinski definition) is 6. The minimum Gasteiger partial charge on any atom is -0.359 e. The van der Waals surface area contributed by atoms with Crippen molar-refractivity contribution in [1.82, 2.24) is 19.9 Å². The van der Waals surface area contributed by atoms with Gasteiger partial charge in [-0.3, -0.25) is 4.98 Å². The molecule has 112 valence electrons. The first-order valence-electron chi connectivity index (χ1n) is 7.08. The number of likely N-dealkylation sites (N-methyl/N-ethyl adjacent to an activating group) is 1. The van der Waals surface area contributed by atoms with Crippen LogP contribution < -0.4 is 4.90 Å². The lowest BCUT2D eigenvalue weighted by Gasteiger charge is -2.18. The van der Waals surface area contributed by atoms with Crippen molar-refractivity contribution in [1.29, 1.82) is 0 Å². The van der Waals surface area contributed by atoms with E-state index in [4.69, 9.17) is 0 Å². The first-order chi connectivity index (χ1) is 10.7. The molecule has 0 N–H and O–H groups in total. The molecule has 3 aromatic heterocycles. The molecule has 3 rings (SSSR count). The van der Waals surface area contributed by atoms with Crippen molar-refractivity contribution in [2.24, 2.45) is 0 Å². The Morgan fingerprint density at radius 2 is 2.14 bits per heavy atom. The van der Waals surface area contributed by atoms with Gasteiger partial charge in [0.2, 0.25) is 0 Å². The molecule has 0 amide bonds. The molecule has 0 aromatic carbocycles. The third-order valence-corrected chi connectivity index (χ3v) is 4.14. The zero-order valence-electron chi connectivity index (χ0n) is 12.6. The van der Waals surface area contributed by atoms with Crippen molar-refractivity contribution < 1.29 is 0 Å².